The zero-order valence-corrected chi connectivity index (χ0v) is 12.9. The highest BCUT2D eigenvalue weighted by atomic mass is 14.1. The molecule has 0 N–H and O–H groups in total. The predicted octanol–water partition coefficient (Wildman–Crippen LogP) is 6.28. The van der Waals surface area contributed by atoms with Crippen molar-refractivity contribution in [2.24, 2.45) is 0 Å². The van der Waals surface area contributed by atoms with Gasteiger partial charge in [-0.25, -0.2) is 0 Å². The highest BCUT2D eigenvalue weighted by molar-refractivity contribution is 5.93. The van der Waals surface area contributed by atoms with E-state index in [0.717, 1.165) is 0 Å². The quantitative estimate of drug-likeness (QED) is 0.385. The van der Waals surface area contributed by atoms with E-state index >= 15 is 0 Å². The minimum absolute atomic E-state index is 1.30. The van der Waals surface area contributed by atoms with Crippen molar-refractivity contribution >= 4 is 21.5 Å². The Labute approximate surface area is 131 Å². The second-order valence-electron chi connectivity index (χ2n) is 6.03. The number of hydrogen-bond acceptors (Lipinski definition) is 0. The largest absolute Gasteiger partial charge is 0.0616 e. The highest BCUT2D eigenvalue weighted by Crippen LogP contribution is 2.31. The zero-order chi connectivity index (χ0) is 15.1. The van der Waals surface area contributed by atoms with Gasteiger partial charge in [0.2, 0.25) is 0 Å². The summed E-state index contributed by atoms with van der Waals surface area (Å²) in [5.74, 6) is 0. The lowest BCUT2D eigenvalue weighted by Crippen LogP contribution is -1.86. The van der Waals surface area contributed by atoms with Gasteiger partial charge in [-0.1, -0.05) is 60.7 Å². The average molecular weight is 282 g/mol. The van der Waals surface area contributed by atoms with Gasteiger partial charge in [0.15, 0.2) is 0 Å². The monoisotopic (exact) mass is 282 g/mol. The molecular formula is C22H18. The van der Waals surface area contributed by atoms with Crippen LogP contribution in [0.15, 0.2) is 72.8 Å². The van der Waals surface area contributed by atoms with Gasteiger partial charge in [-0.15, -0.1) is 0 Å². The maximum atomic E-state index is 2.32. The van der Waals surface area contributed by atoms with E-state index in [4.69, 9.17) is 0 Å². The molecule has 0 nitrogen and oxygen atoms in total. The van der Waals surface area contributed by atoms with Crippen LogP contribution in [0.5, 0.6) is 0 Å². The highest BCUT2D eigenvalue weighted by Gasteiger charge is 2.06. The maximum absolute atomic E-state index is 2.32. The Kier molecular flexibility index (Phi) is 2.97. The molecule has 4 aromatic carbocycles. The molecule has 0 aliphatic heterocycles. The van der Waals surface area contributed by atoms with E-state index in [2.05, 4.69) is 86.6 Å². The molecule has 0 bridgehead atoms. The molecule has 0 heteroatoms. The summed E-state index contributed by atoms with van der Waals surface area (Å²) >= 11 is 0. The first-order chi connectivity index (χ1) is 10.7. The standard InChI is InChI=1S/C22H18/c1-15-6-5-9-17-10-11-20(14-21(15)17)22-13-19-8-4-3-7-18(19)12-16(22)2/h3-14H,1-2H3. The topological polar surface area (TPSA) is 0 Å². The van der Waals surface area contributed by atoms with Crippen LogP contribution in [0.1, 0.15) is 11.1 Å². The fourth-order valence-corrected chi connectivity index (χ4v) is 3.26. The Morgan fingerprint density at radius 1 is 0.545 bits per heavy atom. The fraction of sp³-hybridized carbons (Fsp3) is 0.0909. The van der Waals surface area contributed by atoms with Crippen LogP contribution in [0.2, 0.25) is 0 Å². The van der Waals surface area contributed by atoms with Gasteiger partial charge in [-0.05, 0) is 69.8 Å². The van der Waals surface area contributed by atoms with E-state index in [9.17, 15) is 0 Å². The molecule has 0 atom stereocenters. The van der Waals surface area contributed by atoms with Gasteiger partial charge in [0.25, 0.3) is 0 Å². The molecule has 0 saturated heterocycles. The third kappa shape index (κ3) is 2.08. The molecular weight excluding hydrogens is 264 g/mol. The maximum Gasteiger partial charge on any atom is -0.0148 e. The summed E-state index contributed by atoms with van der Waals surface area (Å²) in [6.07, 6.45) is 0. The van der Waals surface area contributed by atoms with Crippen LogP contribution in [0.25, 0.3) is 32.7 Å². The normalized spacial score (nSPS) is 11.2. The smallest absolute Gasteiger partial charge is 0.0148 e. The third-order valence-corrected chi connectivity index (χ3v) is 4.50. The second-order valence-corrected chi connectivity index (χ2v) is 6.03. The number of hydrogen-bond donors (Lipinski definition) is 0. The molecule has 0 radical (unpaired) electrons. The van der Waals surface area contributed by atoms with Gasteiger partial charge in [-0.3, -0.25) is 0 Å². The summed E-state index contributed by atoms with van der Waals surface area (Å²) in [6.45, 7) is 4.38. The molecule has 0 aliphatic carbocycles. The summed E-state index contributed by atoms with van der Waals surface area (Å²) < 4.78 is 0. The fourth-order valence-electron chi connectivity index (χ4n) is 3.26. The Hall–Kier alpha value is -2.60. The van der Waals surface area contributed by atoms with E-state index in [0.29, 0.717) is 0 Å². The third-order valence-electron chi connectivity index (χ3n) is 4.50. The molecule has 0 amide bonds. The first-order valence-electron chi connectivity index (χ1n) is 7.71. The average Bonchev–Trinajstić information content (AvgIpc) is 2.54. The summed E-state index contributed by atoms with van der Waals surface area (Å²) in [7, 11) is 0. The molecule has 0 fully saturated rings. The van der Waals surface area contributed by atoms with Crippen LogP contribution in [0, 0.1) is 13.8 Å². The lowest BCUT2D eigenvalue weighted by molar-refractivity contribution is 1.48. The van der Waals surface area contributed by atoms with Gasteiger partial charge >= 0.3 is 0 Å². The van der Waals surface area contributed by atoms with Crippen molar-refractivity contribution in [2.75, 3.05) is 0 Å². The minimum Gasteiger partial charge on any atom is -0.0616 e. The molecule has 0 heterocycles. The lowest BCUT2D eigenvalue weighted by Gasteiger charge is -2.11. The SMILES string of the molecule is Cc1cc2ccccc2cc1-c1ccc2cccc(C)c2c1. The van der Waals surface area contributed by atoms with Crippen molar-refractivity contribution in [1.82, 2.24) is 0 Å². The minimum atomic E-state index is 1.30. The lowest BCUT2D eigenvalue weighted by atomic mass is 9.94. The molecule has 0 aliphatic rings. The Bertz CT molecular complexity index is 993. The van der Waals surface area contributed by atoms with Crippen LogP contribution in [-0.2, 0) is 0 Å². The van der Waals surface area contributed by atoms with Crippen molar-refractivity contribution in [2.45, 2.75) is 13.8 Å². The summed E-state index contributed by atoms with van der Waals surface area (Å²) in [6, 6.07) is 26.4. The summed E-state index contributed by atoms with van der Waals surface area (Å²) in [4.78, 5) is 0. The van der Waals surface area contributed by atoms with Crippen molar-refractivity contribution in [3.05, 3.63) is 83.9 Å². The first-order valence-corrected chi connectivity index (χ1v) is 7.71. The van der Waals surface area contributed by atoms with Crippen LogP contribution in [-0.4, -0.2) is 0 Å². The van der Waals surface area contributed by atoms with E-state index in [1.807, 2.05) is 0 Å². The van der Waals surface area contributed by atoms with E-state index < -0.39 is 0 Å². The second kappa shape index (κ2) is 4.99. The molecule has 106 valence electrons. The number of aryl methyl sites for hydroxylation is 2. The molecule has 4 aromatic rings. The van der Waals surface area contributed by atoms with Crippen molar-refractivity contribution < 1.29 is 0 Å². The van der Waals surface area contributed by atoms with Gasteiger partial charge in [0, 0.05) is 0 Å². The Morgan fingerprint density at radius 3 is 2.09 bits per heavy atom. The van der Waals surface area contributed by atoms with Crippen LogP contribution < -0.4 is 0 Å². The van der Waals surface area contributed by atoms with Crippen molar-refractivity contribution in [1.29, 1.82) is 0 Å². The Morgan fingerprint density at radius 2 is 1.27 bits per heavy atom. The predicted molar refractivity (Wildman–Crippen MR) is 96.4 cm³/mol. The van der Waals surface area contributed by atoms with E-state index in [1.54, 1.807) is 0 Å². The molecule has 0 aromatic heterocycles. The summed E-state index contributed by atoms with van der Waals surface area (Å²) in [5, 5.41) is 5.25. The Balaban J connectivity index is 1.98. The number of benzene rings is 4. The van der Waals surface area contributed by atoms with Gasteiger partial charge < -0.3 is 0 Å². The van der Waals surface area contributed by atoms with Crippen molar-refractivity contribution in [3.63, 3.8) is 0 Å². The molecule has 0 spiro atoms. The molecule has 4 rings (SSSR count). The first kappa shape index (κ1) is 13.1. The zero-order valence-electron chi connectivity index (χ0n) is 12.9. The molecule has 0 saturated carbocycles. The van der Waals surface area contributed by atoms with Crippen molar-refractivity contribution in [3.8, 4) is 11.1 Å². The number of fused-ring (bicyclic) bond motifs is 2. The van der Waals surface area contributed by atoms with Crippen LogP contribution in [0.3, 0.4) is 0 Å². The number of rotatable bonds is 1. The molecule has 22 heavy (non-hydrogen) atoms. The van der Waals surface area contributed by atoms with E-state index in [1.165, 1.54) is 43.8 Å². The van der Waals surface area contributed by atoms with E-state index in [-0.39, 0.29) is 0 Å². The van der Waals surface area contributed by atoms with Crippen LogP contribution >= 0.6 is 0 Å². The van der Waals surface area contributed by atoms with Gasteiger partial charge in [-0.2, -0.15) is 0 Å². The van der Waals surface area contributed by atoms with Crippen LogP contribution in [0.4, 0.5) is 0 Å². The van der Waals surface area contributed by atoms with Gasteiger partial charge in [0.05, 0.1) is 0 Å². The molecule has 0 unspecified atom stereocenters. The summed E-state index contributed by atoms with van der Waals surface area (Å²) in [5.41, 5.74) is 5.28. The van der Waals surface area contributed by atoms with Gasteiger partial charge in [0.1, 0.15) is 0 Å².